The molecule has 7 heteroatoms. The van der Waals surface area contributed by atoms with E-state index in [1.807, 2.05) is 24.1 Å². The number of rotatable bonds is 5. The van der Waals surface area contributed by atoms with Crippen molar-refractivity contribution < 1.29 is 9.32 Å². The van der Waals surface area contributed by atoms with Crippen molar-refractivity contribution in [2.75, 3.05) is 26.2 Å². The number of hydrogen-bond donors (Lipinski definition) is 0. The maximum Gasteiger partial charge on any atom is 0.229 e. The van der Waals surface area contributed by atoms with Crippen molar-refractivity contribution in [1.82, 2.24) is 19.9 Å². The molecular formula is C21H23ClN4O2. The van der Waals surface area contributed by atoms with Gasteiger partial charge in [0.05, 0.1) is 11.2 Å². The standard InChI is InChI=1S/C21H23ClN4O2/c1-15-18(21(22)28-24-15)7-8-19(27)26-12-10-25(11-13-26)14-17-5-2-4-16-6-3-9-23-20(16)17/h2-6,9H,7-8,10-14H2,1H3. The van der Waals surface area contributed by atoms with Crippen LogP contribution in [-0.2, 0) is 17.8 Å². The number of amides is 1. The predicted molar refractivity (Wildman–Crippen MR) is 108 cm³/mol. The Hall–Kier alpha value is -2.44. The highest BCUT2D eigenvalue weighted by Crippen LogP contribution is 2.22. The summed E-state index contributed by atoms with van der Waals surface area (Å²) in [4.78, 5) is 21.4. The minimum Gasteiger partial charge on any atom is -0.344 e. The molecule has 0 radical (unpaired) electrons. The zero-order chi connectivity index (χ0) is 19.5. The first-order chi connectivity index (χ1) is 13.6. The molecule has 3 heterocycles. The van der Waals surface area contributed by atoms with Gasteiger partial charge in [0.25, 0.3) is 0 Å². The molecule has 6 nitrogen and oxygen atoms in total. The molecule has 1 amide bonds. The molecule has 0 aliphatic carbocycles. The van der Waals surface area contributed by atoms with Crippen LogP contribution in [-0.4, -0.2) is 52.0 Å². The summed E-state index contributed by atoms with van der Waals surface area (Å²) < 4.78 is 4.95. The van der Waals surface area contributed by atoms with Crippen molar-refractivity contribution in [3.05, 3.63) is 58.6 Å². The highest BCUT2D eigenvalue weighted by molar-refractivity contribution is 6.29. The highest BCUT2D eigenvalue weighted by atomic mass is 35.5. The summed E-state index contributed by atoms with van der Waals surface area (Å²) in [6.45, 7) is 5.91. The van der Waals surface area contributed by atoms with Gasteiger partial charge in [-0.05, 0) is 36.6 Å². The van der Waals surface area contributed by atoms with Crippen LogP contribution in [0, 0.1) is 6.92 Å². The normalized spacial score (nSPS) is 15.3. The third-order valence-electron chi connectivity index (χ3n) is 5.36. The minimum atomic E-state index is 0.156. The molecule has 0 unspecified atom stereocenters. The molecule has 146 valence electrons. The Bertz CT molecular complexity index is 955. The van der Waals surface area contributed by atoms with E-state index in [1.165, 1.54) is 5.56 Å². The van der Waals surface area contributed by atoms with Crippen LogP contribution >= 0.6 is 11.6 Å². The molecule has 3 aromatic rings. The Morgan fingerprint density at radius 3 is 2.71 bits per heavy atom. The summed E-state index contributed by atoms with van der Waals surface area (Å²) in [6, 6.07) is 10.4. The van der Waals surface area contributed by atoms with E-state index in [0.717, 1.165) is 54.9 Å². The van der Waals surface area contributed by atoms with Crippen LogP contribution in [0.3, 0.4) is 0 Å². The molecule has 0 N–H and O–H groups in total. The van der Waals surface area contributed by atoms with Gasteiger partial charge >= 0.3 is 0 Å². The molecule has 0 bridgehead atoms. The van der Waals surface area contributed by atoms with Crippen LogP contribution in [0.5, 0.6) is 0 Å². The lowest BCUT2D eigenvalue weighted by Crippen LogP contribution is -2.48. The second-order valence-electron chi connectivity index (χ2n) is 7.17. The molecule has 1 fully saturated rings. The number of aryl methyl sites for hydroxylation is 1. The number of para-hydroxylation sites is 1. The summed E-state index contributed by atoms with van der Waals surface area (Å²) in [6.07, 6.45) is 2.83. The lowest BCUT2D eigenvalue weighted by atomic mass is 10.1. The molecule has 0 spiro atoms. The fourth-order valence-corrected chi connectivity index (χ4v) is 3.99. The predicted octanol–water partition coefficient (Wildman–Crippen LogP) is 3.46. The van der Waals surface area contributed by atoms with Gasteiger partial charge < -0.3 is 9.42 Å². The Morgan fingerprint density at radius 2 is 1.96 bits per heavy atom. The van der Waals surface area contributed by atoms with Crippen LogP contribution in [0.25, 0.3) is 10.9 Å². The van der Waals surface area contributed by atoms with Crippen LogP contribution in [0.4, 0.5) is 0 Å². The zero-order valence-corrected chi connectivity index (χ0v) is 16.7. The molecular weight excluding hydrogens is 376 g/mol. The van der Waals surface area contributed by atoms with E-state index in [-0.39, 0.29) is 5.91 Å². The summed E-state index contributed by atoms with van der Waals surface area (Å²) in [7, 11) is 0. The monoisotopic (exact) mass is 398 g/mol. The van der Waals surface area contributed by atoms with E-state index >= 15 is 0 Å². The fraction of sp³-hybridized carbons (Fsp3) is 0.381. The zero-order valence-electron chi connectivity index (χ0n) is 15.9. The average molecular weight is 399 g/mol. The summed E-state index contributed by atoms with van der Waals surface area (Å²) in [5.74, 6) is 0.156. The number of carbonyl (C=O) groups is 1. The lowest BCUT2D eigenvalue weighted by molar-refractivity contribution is -0.132. The van der Waals surface area contributed by atoms with E-state index in [1.54, 1.807) is 0 Å². The summed E-state index contributed by atoms with van der Waals surface area (Å²) in [5, 5.41) is 5.29. The number of nitrogens with zero attached hydrogens (tertiary/aromatic N) is 4. The Labute approximate surface area is 169 Å². The molecule has 1 aliphatic rings. The maximum absolute atomic E-state index is 12.6. The van der Waals surface area contributed by atoms with E-state index < -0.39 is 0 Å². The molecule has 4 rings (SSSR count). The average Bonchev–Trinajstić information content (AvgIpc) is 3.04. The number of fused-ring (bicyclic) bond motifs is 1. The molecule has 0 saturated carbocycles. The van der Waals surface area contributed by atoms with Gasteiger partial charge in [0.2, 0.25) is 11.1 Å². The molecule has 1 aliphatic heterocycles. The summed E-state index contributed by atoms with van der Waals surface area (Å²) in [5.41, 5.74) is 3.88. The van der Waals surface area contributed by atoms with Gasteiger partial charge in [0, 0.05) is 56.3 Å². The van der Waals surface area contributed by atoms with E-state index in [2.05, 4.69) is 39.3 Å². The van der Waals surface area contributed by atoms with E-state index in [9.17, 15) is 4.79 Å². The number of carbonyl (C=O) groups excluding carboxylic acids is 1. The van der Waals surface area contributed by atoms with Gasteiger partial charge in [-0.1, -0.05) is 29.4 Å². The van der Waals surface area contributed by atoms with E-state index in [0.29, 0.717) is 18.1 Å². The minimum absolute atomic E-state index is 0.156. The molecule has 28 heavy (non-hydrogen) atoms. The van der Waals surface area contributed by atoms with Crippen LogP contribution in [0.1, 0.15) is 23.2 Å². The van der Waals surface area contributed by atoms with Crippen molar-refractivity contribution in [2.24, 2.45) is 0 Å². The van der Waals surface area contributed by atoms with Gasteiger partial charge in [-0.2, -0.15) is 0 Å². The van der Waals surface area contributed by atoms with Crippen molar-refractivity contribution in [3.63, 3.8) is 0 Å². The number of aromatic nitrogens is 2. The molecule has 1 saturated heterocycles. The van der Waals surface area contributed by atoms with Crippen molar-refractivity contribution in [1.29, 1.82) is 0 Å². The van der Waals surface area contributed by atoms with Gasteiger partial charge in [-0.25, -0.2) is 0 Å². The second-order valence-corrected chi connectivity index (χ2v) is 7.51. The Balaban J connectivity index is 1.31. The Kier molecular flexibility index (Phi) is 5.59. The summed E-state index contributed by atoms with van der Waals surface area (Å²) >= 11 is 5.99. The lowest BCUT2D eigenvalue weighted by Gasteiger charge is -2.35. The number of benzene rings is 1. The van der Waals surface area contributed by atoms with Gasteiger partial charge in [0.1, 0.15) is 0 Å². The van der Waals surface area contributed by atoms with Gasteiger partial charge in [-0.3, -0.25) is 14.7 Å². The van der Waals surface area contributed by atoms with Crippen LogP contribution in [0.15, 0.2) is 41.1 Å². The molecule has 2 aromatic heterocycles. The van der Waals surface area contributed by atoms with Crippen LogP contribution < -0.4 is 0 Å². The van der Waals surface area contributed by atoms with Crippen molar-refractivity contribution in [3.8, 4) is 0 Å². The maximum atomic E-state index is 12.6. The topological polar surface area (TPSA) is 62.5 Å². The largest absolute Gasteiger partial charge is 0.344 e. The highest BCUT2D eigenvalue weighted by Gasteiger charge is 2.22. The Morgan fingerprint density at radius 1 is 1.18 bits per heavy atom. The third-order valence-corrected chi connectivity index (χ3v) is 5.66. The van der Waals surface area contributed by atoms with Gasteiger partial charge in [-0.15, -0.1) is 0 Å². The number of halogens is 1. The molecule has 1 aromatic carbocycles. The first-order valence-corrected chi connectivity index (χ1v) is 9.93. The smallest absolute Gasteiger partial charge is 0.229 e. The number of pyridine rings is 1. The SMILES string of the molecule is Cc1noc(Cl)c1CCC(=O)N1CCN(Cc2cccc3cccnc23)CC1. The van der Waals surface area contributed by atoms with Crippen molar-refractivity contribution in [2.45, 2.75) is 26.3 Å². The van der Waals surface area contributed by atoms with Gasteiger partial charge in [0.15, 0.2) is 0 Å². The quantitative estimate of drug-likeness (QED) is 0.658. The number of hydrogen-bond acceptors (Lipinski definition) is 5. The first-order valence-electron chi connectivity index (χ1n) is 9.55. The fourth-order valence-electron chi connectivity index (χ4n) is 3.72. The van der Waals surface area contributed by atoms with E-state index in [4.69, 9.17) is 16.1 Å². The molecule has 0 atom stereocenters. The van der Waals surface area contributed by atoms with Crippen molar-refractivity contribution >= 4 is 28.4 Å². The van der Waals surface area contributed by atoms with Crippen LogP contribution in [0.2, 0.25) is 5.22 Å². The second kappa shape index (κ2) is 8.29. The third kappa shape index (κ3) is 4.03. The number of piperazine rings is 1. The first kappa shape index (κ1) is 18.9.